The van der Waals surface area contributed by atoms with Crippen molar-refractivity contribution < 1.29 is 29.0 Å². The maximum absolute atomic E-state index is 13.1. The maximum atomic E-state index is 13.1. The number of carboxylic acid groups (broad SMARTS) is 1. The molecule has 0 aromatic heterocycles. The Hall–Kier alpha value is -1.85. The van der Waals surface area contributed by atoms with Crippen molar-refractivity contribution in [3.63, 3.8) is 0 Å². The standard InChI is InChI=1S/C42H68O6/c1-11-12-13-33(43)47-25-24-42-21-16-28(27(2)3)35(42)29-14-15-31-39(8)19-18-32(48-34(44)26-37(4,5)36(45)46)38(6,7)30(39)17-20-41(31,10)40(29,9)22-23-42/h28-32,35H,2,11-26H2,1,3-10H3,(H,45,46)/t28-,29+,30-,31+,32-,35+,39-,40+,41+,42+/m0/s1. The lowest BCUT2D eigenvalue weighted by Gasteiger charge is -2.73. The summed E-state index contributed by atoms with van der Waals surface area (Å²) in [6.45, 7) is 25.2. The molecule has 1 N–H and O–H groups in total. The van der Waals surface area contributed by atoms with Crippen LogP contribution in [-0.2, 0) is 23.9 Å². The van der Waals surface area contributed by atoms with E-state index in [0.717, 1.165) is 38.5 Å². The Kier molecular flexibility index (Phi) is 10.2. The molecule has 5 aliphatic carbocycles. The first-order chi connectivity index (χ1) is 22.3. The molecule has 10 atom stereocenters. The van der Waals surface area contributed by atoms with Gasteiger partial charge in [0.1, 0.15) is 6.10 Å². The first-order valence-corrected chi connectivity index (χ1v) is 19.5. The van der Waals surface area contributed by atoms with Crippen LogP contribution in [0.1, 0.15) is 159 Å². The normalized spacial score (nSPS) is 41.6. The predicted octanol–water partition coefficient (Wildman–Crippen LogP) is 10.2. The van der Waals surface area contributed by atoms with Crippen molar-refractivity contribution in [1.82, 2.24) is 0 Å². The number of rotatable bonds is 11. The van der Waals surface area contributed by atoms with Gasteiger partial charge in [-0.2, -0.15) is 0 Å². The number of carboxylic acids is 1. The molecule has 6 heteroatoms. The lowest BCUT2D eigenvalue weighted by molar-refractivity contribution is -0.251. The first-order valence-electron chi connectivity index (χ1n) is 19.5. The number of ether oxygens (including phenoxy) is 2. The molecule has 0 radical (unpaired) electrons. The Morgan fingerprint density at radius 1 is 0.854 bits per heavy atom. The Morgan fingerprint density at radius 2 is 1.56 bits per heavy atom. The monoisotopic (exact) mass is 669 g/mol. The minimum absolute atomic E-state index is 0.0329. The van der Waals surface area contributed by atoms with E-state index in [1.54, 1.807) is 13.8 Å². The van der Waals surface area contributed by atoms with Crippen LogP contribution in [0.3, 0.4) is 0 Å². The summed E-state index contributed by atoms with van der Waals surface area (Å²) in [5.41, 5.74) is 0.902. The van der Waals surface area contributed by atoms with E-state index in [1.807, 2.05) is 0 Å². The fraction of sp³-hybridized carbons (Fsp3) is 0.881. The zero-order valence-corrected chi connectivity index (χ0v) is 32.0. The van der Waals surface area contributed by atoms with E-state index in [0.29, 0.717) is 42.6 Å². The third-order valence-corrected chi connectivity index (χ3v) is 16.2. The van der Waals surface area contributed by atoms with Crippen molar-refractivity contribution >= 4 is 17.9 Å². The molecule has 5 fully saturated rings. The summed E-state index contributed by atoms with van der Waals surface area (Å²) in [6.07, 6.45) is 14.8. The fourth-order valence-electron chi connectivity index (χ4n) is 13.3. The number of carbonyl (C=O) groups excluding carboxylic acids is 2. The SMILES string of the molecule is C=C(C)[C@@H]1CC[C@]2(CCOC(=O)CCCC)CC[C@]3(C)[C@H](CC[C@@H]4[C@@]5(C)CC[C@H](OC(=O)CC(C)(C)C(=O)O)C(C)(C)[C@@H]5CC[C@]43C)[C@@H]12. The van der Waals surface area contributed by atoms with Gasteiger partial charge in [-0.3, -0.25) is 14.4 Å². The molecule has 5 rings (SSSR count). The molecular weight excluding hydrogens is 600 g/mol. The molecule has 272 valence electrons. The summed E-state index contributed by atoms with van der Waals surface area (Å²) >= 11 is 0. The second kappa shape index (κ2) is 13.0. The largest absolute Gasteiger partial charge is 0.481 e. The molecule has 0 bridgehead atoms. The summed E-state index contributed by atoms with van der Waals surface area (Å²) in [7, 11) is 0. The minimum atomic E-state index is -1.13. The smallest absolute Gasteiger partial charge is 0.309 e. The molecule has 0 aromatic carbocycles. The van der Waals surface area contributed by atoms with Gasteiger partial charge in [-0.1, -0.05) is 60.1 Å². The second-order valence-corrected chi connectivity index (χ2v) is 19.3. The molecule has 5 saturated carbocycles. The van der Waals surface area contributed by atoms with Crippen molar-refractivity contribution in [3.05, 3.63) is 12.2 Å². The van der Waals surface area contributed by atoms with Crippen molar-refractivity contribution in [2.75, 3.05) is 6.61 Å². The number of allylic oxidation sites excluding steroid dienone is 1. The molecule has 48 heavy (non-hydrogen) atoms. The van der Waals surface area contributed by atoms with E-state index >= 15 is 0 Å². The highest BCUT2D eigenvalue weighted by molar-refractivity contribution is 5.81. The van der Waals surface area contributed by atoms with Gasteiger partial charge in [-0.05, 0) is 149 Å². The molecule has 5 aliphatic rings. The average Bonchev–Trinajstić information content (AvgIpc) is 3.37. The predicted molar refractivity (Wildman–Crippen MR) is 190 cm³/mol. The Labute approximate surface area is 291 Å². The summed E-state index contributed by atoms with van der Waals surface area (Å²) in [4.78, 5) is 37.2. The number of fused-ring (bicyclic) bond motifs is 7. The molecule has 0 amide bonds. The Morgan fingerprint density at radius 3 is 2.21 bits per heavy atom. The van der Waals surface area contributed by atoms with Crippen LogP contribution in [0.15, 0.2) is 12.2 Å². The molecule has 0 heterocycles. The fourth-order valence-corrected chi connectivity index (χ4v) is 13.3. The number of aliphatic carboxylic acids is 1. The summed E-state index contributed by atoms with van der Waals surface area (Å²) < 4.78 is 12.0. The van der Waals surface area contributed by atoms with Gasteiger partial charge in [-0.25, -0.2) is 0 Å². The third kappa shape index (κ3) is 5.99. The van der Waals surface area contributed by atoms with Gasteiger partial charge in [0.15, 0.2) is 0 Å². The van der Waals surface area contributed by atoms with E-state index < -0.39 is 11.4 Å². The Bertz CT molecular complexity index is 1270. The highest BCUT2D eigenvalue weighted by Crippen LogP contribution is 2.78. The van der Waals surface area contributed by atoms with E-state index in [4.69, 9.17) is 9.47 Å². The van der Waals surface area contributed by atoms with E-state index in [-0.39, 0.29) is 51.5 Å². The quantitative estimate of drug-likeness (QED) is 0.174. The molecule has 0 spiro atoms. The van der Waals surface area contributed by atoms with Crippen molar-refractivity contribution in [1.29, 1.82) is 0 Å². The molecule has 6 nitrogen and oxygen atoms in total. The number of hydrogen-bond acceptors (Lipinski definition) is 5. The molecule has 0 aliphatic heterocycles. The van der Waals surface area contributed by atoms with Gasteiger partial charge in [0.2, 0.25) is 0 Å². The van der Waals surface area contributed by atoms with Crippen LogP contribution in [0.2, 0.25) is 0 Å². The minimum Gasteiger partial charge on any atom is -0.481 e. The van der Waals surface area contributed by atoms with Crippen LogP contribution in [0.4, 0.5) is 0 Å². The van der Waals surface area contributed by atoms with Gasteiger partial charge < -0.3 is 14.6 Å². The summed E-state index contributed by atoms with van der Waals surface area (Å²) in [5, 5.41) is 9.58. The number of carbonyl (C=O) groups is 3. The van der Waals surface area contributed by atoms with Crippen LogP contribution in [0.5, 0.6) is 0 Å². The van der Waals surface area contributed by atoms with Gasteiger partial charge in [0, 0.05) is 11.8 Å². The maximum Gasteiger partial charge on any atom is 0.309 e. The summed E-state index contributed by atoms with van der Waals surface area (Å²) in [5.74, 6) is 1.47. The molecule has 0 aromatic rings. The van der Waals surface area contributed by atoms with Crippen LogP contribution in [-0.4, -0.2) is 35.7 Å². The van der Waals surface area contributed by atoms with Crippen LogP contribution in [0.25, 0.3) is 0 Å². The van der Waals surface area contributed by atoms with Crippen LogP contribution >= 0.6 is 0 Å². The van der Waals surface area contributed by atoms with Crippen molar-refractivity contribution in [2.45, 2.75) is 165 Å². The number of unbranched alkanes of at least 4 members (excludes halogenated alkanes) is 1. The van der Waals surface area contributed by atoms with Crippen molar-refractivity contribution in [3.8, 4) is 0 Å². The zero-order chi connectivity index (χ0) is 35.5. The van der Waals surface area contributed by atoms with E-state index in [9.17, 15) is 19.5 Å². The van der Waals surface area contributed by atoms with E-state index in [2.05, 4.69) is 55.0 Å². The lowest BCUT2D eigenvalue weighted by Crippen LogP contribution is -2.66. The van der Waals surface area contributed by atoms with Crippen molar-refractivity contribution in [2.24, 2.45) is 62.1 Å². The number of esters is 2. The summed E-state index contributed by atoms with van der Waals surface area (Å²) in [6, 6.07) is 0. The van der Waals surface area contributed by atoms with Gasteiger partial charge in [-0.15, -0.1) is 0 Å². The highest BCUT2D eigenvalue weighted by Gasteiger charge is 2.71. The molecule has 0 saturated heterocycles. The van der Waals surface area contributed by atoms with E-state index in [1.165, 1.54) is 50.5 Å². The Balaban J connectivity index is 1.37. The average molecular weight is 669 g/mol. The zero-order valence-electron chi connectivity index (χ0n) is 32.0. The van der Waals surface area contributed by atoms with Gasteiger partial charge in [0.25, 0.3) is 0 Å². The molecular formula is C42H68O6. The lowest BCUT2D eigenvalue weighted by atomic mass is 9.32. The second-order valence-electron chi connectivity index (χ2n) is 19.3. The van der Waals surface area contributed by atoms with Crippen LogP contribution < -0.4 is 0 Å². The highest BCUT2D eigenvalue weighted by atomic mass is 16.5. The molecule has 0 unspecified atom stereocenters. The van der Waals surface area contributed by atoms with Crippen LogP contribution in [0, 0.1) is 62.1 Å². The number of hydrogen-bond donors (Lipinski definition) is 1. The topological polar surface area (TPSA) is 89.9 Å². The van der Waals surface area contributed by atoms with Gasteiger partial charge >= 0.3 is 17.9 Å². The third-order valence-electron chi connectivity index (χ3n) is 16.2. The van der Waals surface area contributed by atoms with Gasteiger partial charge in [0.05, 0.1) is 18.4 Å². The first kappa shape index (κ1) is 37.4.